The van der Waals surface area contributed by atoms with E-state index < -0.39 is 0 Å². The molecule has 0 spiro atoms. The Bertz CT molecular complexity index is 1160. The van der Waals surface area contributed by atoms with Gasteiger partial charge in [0.1, 0.15) is 22.6 Å². The molecule has 1 N–H and O–H groups in total. The predicted molar refractivity (Wildman–Crippen MR) is 132 cm³/mol. The third-order valence-electron chi connectivity index (χ3n) is 5.74. The van der Waals surface area contributed by atoms with Gasteiger partial charge >= 0.3 is 0 Å². The van der Waals surface area contributed by atoms with Crippen LogP contribution >= 0.6 is 11.8 Å². The fourth-order valence-electron chi connectivity index (χ4n) is 3.91. The number of para-hydroxylation sites is 1. The highest BCUT2D eigenvalue weighted by molar-refractivity contribution is 8.00. The van der Waals surface area contributed by atoms with Gasteiger partial charge in [0.15, 0.2) is 0 Å². The lowest BCUT2D eigenvalue weighted by molar-refractivity contribution is -0.115. The second kappa shape index (κ2) is 10.5. The molecule has 1 aromatic heterocycles. The molecular formula is C27H27N3O2S. The van der Waals surface area contributed by atoms with Gasteiger partial charge in [-0.25, -0.2) is 4.98 Å². The third-order valence-corrected chi connectivity index (χ3v) is 7.10. The summed E-state index contributed by atoms with van der Waals surface area (Å²) in [7, 11) is 0. The average molecular weight is 458 g/mol. The Labute approximate surface area is 199 Å². The second-order valence-electron chi connectivity index (χ2n) is 8.35. The van der Waals surface area contributed by atoms with Crippen molar-refractivity contribution in [3.63, 3.8) is 0 Å². The molecule has 1 heterocycles. The first-order valence-corrected chi connectivity index (χ1v) is 12.2. The summed E-state index contributed by atoms with van der Waals surface area (Å²) in [6.07, 6.45) is 3.63. The Morgan fingerprint density at radius 3 is 2.64 bits per heavy atom. The van der Waals surface area contributed by atoms with E-state index in [1.165, 1.54) is 17.3 Å². The van der Waals surface area contributed by atoms with Crippen molar-refractivity contribution in [1.29, 1.82) is 5.26 Å². The molecule has 1 aliphatic rings. The van der Waals surface area contributed by atoms with E-state index in [1.54, 1.807) is 0 Å². The van der Waals surface area contributed by atoms with Crippen LogP contribution in [0.1, 0.15) is 43.5 Å². The van der Waals surface area contributed by atoms with Gasteiger partial charge in [0, 0.05) is 11.4 Å². The van der Waals surface area contributed by atoms with Crippen LogP contribution in [-0.4, -0.2) is 16.1 Å². The monoisotopic (exact) mass is 457 g/mol. The zero-order valence-electron chi connectivity index (χ0n) is 18.9. The molecule has 2 unspecified atom stereocenters. The molecule has 3 aromatic rings. The summed E-state index contributed by atoms with van der Waals surface area (Å²) in [5, 5.41) is 13.0. The van der Waals surface area contributed by atoms with E-state index >= 15 is 0 Å². The van der Waals surface area contributed by atoms with E-state index in [0.717, 1.165) is 30.7 Å². The summed E-state index contributed by atoms with van der Waals surface area (Å²) in [6, 6.07) is 21.1. The van der Waals surface area contributed by atoms with Gasteiger partial charge in [-0.2, -0.15) is 5.26 Å². The number of benzene rings is 2. The van der Waals surface area contributed by atoms with Gasteiger partial charge in [-0.1, -0.05) is 43.8 Å². The first-order chi connectivity index (χ1) is 16.1. The van der Waals surface area contributed by atoms with Crippen LogP contribution in [-0.2, 0) is 17.6 Å². The molecule has 2 atom stereocenters. The van der Waals surface area contributed by atoms with Crippen LogP contribution in [0.25, 0.3) is 0 Å². The van der Waals surface area contributed by atoms with Crippen LogP contribution in [0.15, 0.2) is 65.7 Å². The minimum absolute atomic E-state index is 0.101. The van der Waals surface area contributed by atoms with Gasteiger partial charge in [0.25, 0.3) is 0 Å². The fourth-order valence-corrected chi connectivity index (χ4v) is 4.90. The summed E-state index contributed by atoms with van der Waals surface area (Å²) < 4.78 is 5.81. The Morgan fingerprint density at radius 2 is 1.94 bits per heavy atom. The number of ether oxygens (including phenoxy) is 1. The summed E-state index contributed by atoms with van der Waals surface area (Å²) >= 11 is 1.38. The van der Waals surface area contributed by atoms with Gasteiger partial charge in [0.05, 0.1) is 10.8 Å². The van der Waals surface area contributed by atoms with Crippen LogP contribution in [0.4, 0.5) is 5.69 Å². The van der Waals surface area contributed by atoms with Crippen molar-refractivity contribution >= 4 is 23.4 Å². The summed E-state index contributed by atoms with van der Waals surface area (Å²) in [5.41, 5.74) is 3.50. The van der Waals surface area contributed by atoms with Gasteiger partial charge in [-0.05, 0) is 79.6 Å². The van der Waals surface area contributed by atoms with Crippen molar-refractivity contribution < 1.29 is 9.53 Å². The molecule has 0 radical (unpaired) electrons. The Balaban J connectivity index is 1.43. The number of rotatable bonds is 7. The number of hydrogen-bond donors (Lipinski definition) is 1. The van der Waals surface area contributed by atoms with Crippen molar-refractivity contribution in [2.24, 2.45) is 5.92 Å². The van der Waals surface area contributed by atoms with Crippen LogP contribution in [0.3, 0.4) is 0 Å². The summed E-state index contributed by atoms with van der Waals surface area (Å²) in [4.78, 5) is 17.8. The molecule has 0 bridgehead atoms. The van der Waals surface area contributed by atoms with Crippen LogP contribution in [0.2, 0.25) is 0 Å². The number of carbonyl (C=O) groups is 1. The molecule has 0 saturated heterocycles. The highest BCUT2D eigenvalue weighted by Gasteiger charge is 2.24. The Kier molecular flexibility index (Phi) is 7.31. The number of fused-ring (bicyclic) bond motifs is 1. The van der Waals surface area contributed by atoms with Crippen LogP contribution < -0.4 is 10.1 Å². The molecule has 6 heteroatoms. The van der Waals surface area contributed by atoms with Gasteiger partial charge in [0.2, 0.25) is 5.91 Å². The topological polar surface area (TPSA) is 75.0 Å². The summed E-state index contributed by atoms with van der Waals surface area (Å²) in [6.45, 7) is 4.20. The number of nitrogens with zero attached hydrogens (tertiary/aromatic N) is 2. The third kappa shape index (κ3) is 5.74. The standard InChI is InChI=1S/C27H27N3O2S/c1-3-25(33-27-20(17-28)16-19-15-18(2)9-14-24(19)30-27)26(31)29-21-10-12-23(13-11-21)32-22-7-5-4-6-8-22/h4-8,10-13,16,18,25H,3,9,14-15H2,1-2H3,(H,29,31). The molecule has 168 valence electrons. The van der Waals surface area contributed by atoms with Crippen LogP contribution in [0.5, 0.6) is 11.5 Å². The van der Waals surface area contributed by atoms with Gasteiger partial charge in [-0.15, -0.1) is 0 Å². The van der Waals surface area contributed by atoms with E-state index in [9.17, 15) is 10.1 Å². The SMILES string of the molecule is CCC(Sc1nc2c(cc1C#N)CC(C)CC2)C(=O)Nc1ccc(Oc2ccccc2)cc1. The largest absolute Gasteiger partial charge is 0.457 e. The molecule has 5 nitrogen and oxygen atoms in total. The molecule has 0 saturated carbocycles. The number of nitriles is 1. The maximum atomic E-state index is 13.0. The van der Waals surface area contributed by atoms with E-state index in [4.69, 9.17) is 9.72 Å². The lowest BCUT2D eigenvalue weighted by Gasteiger charge is -2.22. The zero-order valence-corrected chi connectivity index (χ0v) is 19.7. The van der Waals surface area contributed by atoms with E-state index in [2.05, 4.69) is 18.3 Å². The average Bonchev–Trinajstić information content (AvgIpc) is 2.83. The number of aryl methyl sites for hydroxylation is 1. The number of nitrogens with one attached hydrogen (secondary N) is 1. The predicted octanol–water partition coefficient (Wildman–Crippen LogP) is 6.38. The first-order valence-electron chi connectivity index (χ1n) is 11.3. The molecule has 0 aliphatic heterocycles. The van der Waals surface area contributed by atoms with Crippen molar-refractivity contribution in [3.05, 3.63) is 77.5 Å². The van der Waals surface area contributed by atoms with Gasteiger partial charge in [-0.3, -0.25) is 4.79 Å². The molecule has 1 aliphatic carbocycles. The number of pyridine rings is 1. The number of amides is 1. The maximum Gasteiger partial charge on any atom is 0.237 e. The fraction of sp³-hybridized carbons (Fsp3) is 0.296. The zero-order chi connectivity index (χ0) is 23.2. The lowest BCUT2D eigenvalue weighted by Crippen LogP contribution is -2.25. The van der Waals surface area contributed by atoms with Crippen molar-refractivity contribution in [3.8, 4) is 17.6 Å². The lowest BCUT2D eigenvalue weighted by atomic mass is 9.87. The minimum Gasteiger partial charge on any atom is -0.457 e. The molecular weight excluding hydrogens is 430 g/mol. The van der Waals surface area contributed by atoms with E-state index in [0.29, 0.717) is 34.4 Å². The van der Waals surface area contributed by atoms with Crippen molar-refractivity contribution in [1.82, 2.24) is 4.98 Å². The highest BCUT2D eigenvalue weighted by Crippen LogP contribution is 2.33. The number of carbonyl (C=O) groups excluding carboxylic acids is 1. The maximum absolute atomic E-state index is 13.0. The van der Waals surface area contributed by atoms with Crippen molar-refractivity contribution in [2.45, 2.75) is 49.8 Å². The Morgan fingerprint density at radius 1 is 1.21 bits per heavy atom. The number of anilines is 1. The van der Waals surface area contributed by atoms with Gasteiger partial charge < -0.3 is 10.1 Å². The highest BCUT2D eigenvalue weighted by atomic mass is 32.2. The Hall–Kier alpha value is -3.30. The molecule has 33 heavy (non-hydrogen) atoms. The molecule has 0 fully saturated rings. The summed E-state index contributed by atoms with van der Waals surface area (Å²) in [5.74, 6) is 1.98. The van der Waals surface area contributed by atoms with E-state index in [1.807, 2.05) is 67.6 Å². The van der Waals surface area contributed by atoms with Crippen LogP contribution in [0, 0.1) is 17.2 Å². The minimum atomic E-state index is -0.342. The van der Waals surface area contributed by atoms with Crippen molar-refractivity contribution in [2.75, 3.05) is 5.32 Å². The number of aromatic nitrogens is 1. The smallest absolute Gasteiger partial charge is 0.237 e. The molecule has 1 amide bonds. The first kappa shape index (κ1) is 22.9. The normalized spacial score (nSPS) is 15.7. The van der Waals surface area contributed by atoms with E-state index in [-0.39, 0.29) is 11.2 Å². The number of thioether (sulfide) groups is 1. The quantitative estimate of drug-likeness (QED) is 0.417. The second-order valence-corrected chi connectivity index (χ2v) is 9.54. The molecule has 4 rings (SSSR count). The number of hydrogen-bond acceptors (Lipinski definition) is 5. The molecule has 2 aromatic carbocycles.